The Labute approximate surface area is 117 Å². The largest absolute Gasteiger partial charge is 0.347 e. The van der Waals surface area contributed by atoms with Gasteiger partial charge in [0.25, 0.3) is 0 Å². The summed E-state index contributed by atoms with van der Waals surface area (Å²) in [6, 6.07) is 14.0. The number of nitrogens with one attached hydrogen (secondary N) is 1. The van der Waals surface area contributed by atoms with E-state index in [1.807, 2.05) is 30.5 Å². The zero-order chi connectivity index (χ0) is 13.9. The summed E-state index contributed by atoms with van der Waals surface area (Å²) in [5, 5.41) is 5.49. The highest BCUT2D eigenvalue weighted by atomic mass is 15.3. The third-order valence-electron chi connectivity index (χ3n) is 3.49. The first-order valence-electron chi connectivity index (χ1n) is 6.51. The van der Waals surface area contributed by atoms with Gasteiger partial charge in [-0.25, -0.2) is 4.98 Å². The van der Waals surface area contributed by atoms with E-state index in [1.165, 1.54) is 16.6 Å². The SMILES string of the molecule is Cc1c(/C=N/Nc2ccccn2)c2ccccc2n1C. The van der Waals surface area contributed by atoms with E-state index in [0.29, 0.717) is 0 Å². The van der Waals surface area contributed by atoms with Crippen molar-refractivity contribution in [2.75, 3.05) is 5.43 Å². The fourth-order valence-electron chi connectivity index (χ4n) is 2.30. The van der Waals surface area contributed by atoms with Gasteiger partial charge in [-0.15, -0.1) is 0 Å². The molecule has 0 saturated carbocycles. The van der Waals surface area contributed by atoms with Crippen molar-refractivity contribution in [1.29, 1.82) is 0 Å². The number of pyridine rings is 1. The Balaban J connectivity index is 1.93. The highest BCUT2D eigenvalue weighted by Crippen LogP contribution is 2.23. The molecule has 0 aliphatic rings. The number of rotatable bonds is 3. The summed E-state index contributed by atoms with van der Waals surface area (Å²) < 4.78 is 2.18. The summed E-state index contributed by atoms with van der Waals surface area (Å²) in [5.74, 6) is 0.738. The van der Waals surface area contributed by atoms with Crippen LogP contribution in [-0.4, -0.2) is 15.8 Å². The first-order valence-corrected chi connectivity index (χ1v) is 6.51. The molecule has 4 heteroatoms. The number of benzene rings is 1. The minimum absolute atomic E-state index is 0.738. The van der Waals surface area contributed by atoms with Crippen molar-refractivity contribution in [3.05, 3.63) is 59.9 Å². The first kappa shape index (κ1) is 12.4. The molecule has 1 aromatic carbocycles. The van der Waals surface area contributed by atoms with Crippen LogP contribution in [0.5, 0.6) is 0 Å². The van der Waals surface area contributed by atoms with Crippen LogP contribution in [0.3, 0.4) is 0 Å². The third-order valence-corrected chi connectivity index (χ3v) is 3.49. The fourth-order valence-corrected chi connectivity index (χ4v) is 2.30. The molecular formula is C16H16N4. The normalized spacial score (nSPS) is 11.3. The standard InChI is InChI=1S/C16H16N4/c1-12-14(11-18-19-16-9-5-6-10-17-16)13-7-3-4-8-15(13)20(12)2/h3-11H,1-2H3,(H,17,19)/b18-11+. The average Bonchev–Trinajstić information content (AvgIpc) is 2.74. The molecule has 0 aliphatic heterocycles. The predicted octanol–water partition coefficient (Wildman–Crippen LogP) is 3.33. The van der Waals surface area contributed by atoms with Gasteiger partial charge in [-0.05, 0) is 25.1 Å². The minimum Gasteiger partial charge on any atom is -0.347 e. The number of hydrogen-bond acceptors (Lipinski definition) is 3. The molecule has 3 aromatic rings. The van der Waals surface area contributed by atoms with Gasteiger partial charge in [0.15, 0.2) is 0 Å². The van der Waals surface area contributed by atoms with Gasteiger partial charge in [0.1, 0.15) is 5.82 Å². The molecule has 4 nitrogen and oxygen atoms in total. The predicted molar refractivity (Wildman–Crippen MR) is 83.1 cm³/mol. The topological polar surface area (TPSA) is 42.2 Å². The number of hydrogen-bond donors (Lipinski definition) is 1. The highest BCUT2D eigenvalue weighted by molar-refractivity contribution is 6.01. The number of para-hydroxylation sites is 1. The number of fused-ring (bicyclic) bond motifs is 1. The molecule has 2 heterocycles. The van der Waals surface area contributed by atoms with E-state index in [0.717, 1.165) is 11.4 Å². The molecule has 2 aromatic heterocycles. The van der Waals surface area contributed by atoms with Crippen LogP contribution in [0.15, 0.2) is 53.8 Å². The van der Waals surface area contributed by atoms with Crippen molar-refractivity contribution < 1.29 is 0 Å². The van der Waals surface area contributed by atoms with E-state index in [9.17, 15) is 0 Å². The lowest BCUT2D eigenvalue weighted by Crippen LogP contribution is -1.95. The number of hydrazone groups is 1. The van der Waals surface area contributed by atoms with E-state index in [4.69, 9.17) is 0 Å². The molecule has 3 rings (SSSR count). The lowest BCUT2D eigenvalue weighted by molar-refractivity contribution is 0.916. The Morgan fingerprint density at radius 1 is 1.15 bits per heavy atom. The Kier molecular flexibility index (Phi) is 3.21. The summed E-state index contributed by atoms with van der Waals surface area (Å²) in [6.07, 6.45) is 3.59. The quantitative estimate of drug-likeness (QED) is 0.582. The van der Waals surface area contributed by atoms with Crippen LogP contribution in [0.25, 0.3) is 10.9 Å². The molecule has 0 fully saturated rings. The number of aromatic nitrogens is 2. The Hall–Kier alpha value is -2.62. The van der Waals surface area contributed by atoms with Gasteiger partial charge in [0.05, 0.1) is 6.21 Å². The number of anilines is 1. The second-order valence-electron chi connectivity index (χ2n) is 4.66. The molecule has 0 saturated heterocycles. The van der Waals surface area contributed by atoms with Gasteiger partial charge >= 0.3 is 0 Å². The lowest BCUT2D eigenvalue weighted by atomic mass is 10.1. The molecule has 0 atom stereocenters. The highest BCUT2D eigenvalue weighted by Gasteiger charge is 2.08. The third kappa shape index (κ3) is 2.16. The Bertz CT molecular complexity index is 757. The van der Waals surface area contributed by atoms with Gasteiger partial charge in [-0.1, -0.05) is 24.3 Å². The van der Waals surface area contributed by atoms with E-state index in [-0.39, 0.29) is 0 Å². The summed E-state index contributed by atoms with van der Waals surface area (Å²) in [7, 11) is 2.07. The lowest BCUT2D eigenvalue weighted by Gasteiger charge is -1.98. The van der Waals surface area contributed by atoms with Crippen LogP contribution in [0.4, 0.5) is 5.82 Å². The maximum atomic E-state index is 4.29. The average molecular weight is 264 g/mol. The van der Waals surface area contributed by atoms with Crippen LogP contribution in [0.1, 0.15) is 11.3 Å². The summed E-state index contributed by atoms with van der Waals surface area (Å²) >= 11 is 0. The monoisotopic (exact) mass is 264 g/mol. The van der Waals surface area contributed by atoms with Gasteiger partial charge in [-0.3, -0.25) is 5.43 Å². The van der Waals surface area contributed by atoms with Crippen LogP contribution < -0.4 is 5.43 Å². The maximum absolute atomic E-state index is 4.29. The zero-order valence-corrected chi connectivity index (χ0v) is 11.5. The smallest absolute Gasteiger partial charge is 0.146 e. The van der Waals surface area contributed by atoms with Crippen LogP contribution in [0.2, 0.25) is 0 Å². The van der Waals surface area contributed by atoms with Crippen molar-refractivity contribution in [2.24, 2.45) is 12.1 Å². The maximum Gasteiger partial charge on any atom is 0.146 e. The molecule has 0 amide bonds. The van der Waals surface area contributed by atoms with E-state index in [1.54, 1.807) is 6.20 Å². The number of nitrogens with zero attached hydrogens (tertiary/aromatic N) is 3. The molecule has 0 bridgehead atoms. The molecular weight excluding hydrogens is 248 g/mol. The second kappa shape index (κ2) is 5.17. The summed E-state index contributed by atoms with van der Waals surface area (Å²) in [6.45, 7) is 2.10. The molecule has 0 spiro atoms. The second-order valence-corrected chi connectivity index (χ2v) is 4.66. The van der Waals surface area contributed by atoms with E-state index < -0.39 is 0 Å². The first-order chi connectivity index (χ1) is 9.77. The van der Waals surface area contributed by atoms with Crippen molar-refractivity contribution >= 4 is 22.9 Å². The van der Waals surface area contributed by atoms with E-state index in [2.05, 4.69) is 52.2 Å². The van der Waals surface area contributed by atoms with Gasteiger partial charge in [0.2, 0.25) is 0 Å². The minimum atomic E-state index is 0.738. The number of aryl methyl sites for hydroxylation is 1. The van der Waals surface area contributed by atoms with Crippen molar-refractivity contribution in [3.8, 4) is 0 Å². The fraction of sp³-hybridized carbons (Fsp3) is 0.125. The molecule has 0 unspecified atom stereocenters. The summed E-state index contributed by atoms with van der Waals surface area (Å²) in [4.78, 5) is 4.17. The van der Waals surface area contributed by atoms with Gasteiger partial charge in [0, 0.05) is 35.4 Å². The molecule has 100 valence electrons. The van der Waals surface area contributed by atoms with Crippen molar-refractivity contribution in [1.82, 2.24) is 9.55 Å². The van der Waals surface area contributed by atoms with Crippen molar-refractivity contribution in [3.63, 3.8) is 0 Å². The van der Waals surface area contributed by atoms with E-state index >= 15 is 0 Å². The van der Waals surface area contributed by atoms with Crippen LogP contribution >= 0.6 is 0 Å². The molecule has 0 radical (unpaired) electrons. The molecule has 0 aliphatic carbocycles. The Morgan fingerprint density at radius 2 is 1.95 bits per heavy atom. The Morgan fingerprint density at radius 3 is 2.75 bits per heavy atom. The zero-order valence-electron chi connectivity index (χ0n) is 11.5. The van der Waals surface area contributed by atoms with Crippen molar-refractivity contribution in [2.45, 2.75) is 6.92 Å². The van der Waals surface area contributed by atoms with Crippen LogP contribution in [-0.2, 0) is 7.05 Å². The van der Waals surface area contributed by atoms with Crippen LogP contribution in [0, 0.1) is 6.92 Å². The summed E-state index contributed by atoms with van der Waals surface area (Å²) in [5.41, 5.74) is 6.48. The molecule has 1 N–H and O–H groups in total. The molecule has 20 heavy (non-hydrogen) atoms. The van der Waals surface area contributed by atoms with Gasteiger partial charge in [-0.2, -0.15) is 5.10 Å². The van der Waals surface area contributed by atoms with Gasteiger partial charge < -0.3 is 4.57 Å².